The summed E-state index contributed by atoms with van der Waals surface area (Å²) in [6.45, 7) is 13.6. The van der Waals surface area contributed by atoms with Gasteiger partial charge in [0.15, 0.2) is 0 Å². The summed E-state index contributed by atoms with van der Waals surface area (Å²) >= 11 is 0. The molecule has 1 fully saturated rings. The maximum atomic E-state index is 12.7. The molecule has 3 nitrogen and oxygen atoms in total. The number of nitrogens with one attached hydrogen (secondary N) is 1. The van der Waals surface area contributed by atoms with Crippen LogP contribution in [0.25, 0.3) is 0 Å². The van der Waals surface area contributed by atoms with Crippen molar-refractivity contribution in [1.82, 2.24) is 10.2 Å². The lowest BCUT2D eigenvalue weighted by Crippen LogP contribution is -2.38. The maximum absolute atomic E-state index is 12.7. The van der Waals surface area contributed by atoms with E-state index in [4.69, 9.17) is 0 Å². The van der Waals surface area contributed by atoms with Gasteiger partial charge in [0.1, 0.15) is 6.17 Å². The first kappa shape index (κ1) is 16.0. The Hall–Kier alpha value is -1.35. The van der Waals surface area contributed by atoms with E-state index in [2.05, 4.69) is 71.1 Å². The lowest BCUT2D eigenvalue weighted by Gasteiger charge is -2.31. The van der Waals surface area contributed by atoms with Crippen LogP contribution in [0, 0.1) is 18.3 Å². The quantitative estimate of drug-likeness (QED) is 0.923. The third-order valence-corrected chi connectivity index (χ3v) is 3.90. The molecule has 2 atom stereocenters. The Kier molecular flexibility index (Phi) is 4.43. The van der Waals surface area contributed by atoms with Gasteiger partial charge in [-0.3, -0.25) is 10.1 Å². The number of aryl methyl sites for hydroxylation is 1. The van der Waals surface area contributed by atoms with Crippen LogP contribution in [-0.4, -0.2) is 23.4 Å². The van der Waals surface area contributed by atoms with Gasteiger partial charge < -0.3 is 4.90 Å². The smallest absolute Gasteiger partial charge is 0.241 e. The van der Waals surface area contributed by atoms with Crippen LogP contribution < -0.4 is 5.32 Å². The molecule has 116 valence electrons. The fourth-order valence-electron chi connectivity index (χ4n) is 2.82. The summed E-state index contributed by atoms with van der Waals surface area (Å²) in [7, 11) is 0. The topological polar surface area (TPSA) is 32.3 Å². The Morgan fingerprint density at radius 1 is 1.19 bits per heavy atom. The molecule has 2 rings (SSSR count). The molecule has 3 heteroatoms. The van der Waals surface area contributed by atoms with Crippen molar-refractivity contribution in [1.29, 1.82) is 0 Å². The number of nitrogens with zero attached hydrogens (tertiary/aromatic N) is 1. The zero-order valence-electron chi connectivity index (χ0n) is 14.1. The Balaban J connectivity index is 2.31. The molecule has 0 aliphatic carbocycles. The molecule has 1 aromatic rings. The number of hydrogen-bond donors (Lipinski definition) is 1. The first-order valence-electron chi connectivity index (χ1n) is 7.82. The zero-order chi connectivity index (χ0) is 15.8. The molecule has 1 heterocycles. The Morgan fingerprint density at radius 3 is 2.24 bits per heavy atom. The van der Waals surface area contributed by atoms with Crippen molar-refractivity contribution in [2.45, 2.75) is 53.8 Å². The Morgan fingerprint density at radius 2 is 1.76 bits per heavy atom. The molecule has 1 aliphatic heterocycles. The van der Waals surface area contributed by atoms with Gasteiger partial charge in [0, 0.05) is 6.54 Å². The predicted octanol–water partition coefficient (Wildman–Crippen LogP) is 3.50. The second-order valence-corrected chi connectivity index (χ2v) is 7.73. The molecule has 0 saturated carbocycles. The van der Waals surface area contributed by atoms with Gasteiger partial charge in [0.25, 0.3) is 0 Å². The van der Waals surface area contributed by atoms with E-state index in [0.717, 1.165) is 6.54 Å². The number of rotatable bonds is 3. The summed E-state index contributed by atoms with van der Waals surface area (Å²) in [5.74, 6) is 0.529. The molecule has 1 saturated heterocycles. The highest BCUT2D eigenvalue weighted by Gasteiger charge is 2.42. The molecule has 0 spiro atoms. The molecule has 0 radical (unpaired) electrons. The third kappa shape index (κ3) is 3.65. The lowest BCUT2D eigenvalue weighted by atomic mass is 9.95. The molecular formula is C18H28N2O. The van der Waals surface area contributed by atoms with Crippen LogP contribution in [0.15, 0.2) is 24.3 Å². The SMILES string of the molecule is Cc1ccc(C2NC(C(C)C)C(=O)N2CC(C)(C)C)cc1. The number of amides is 1. The molecule has 21 heavy (non-hydrogen) atoms. The van der Waals surface area contributed by atoms with Crippen LogP contribution in [0.4, 0.5) is 0 Å². The van der Waals surface area contributed by atoms with Crippen molar-refractivity contribution in [2.24, 2.45) is 11.3 Å². The van der Waals surface area contributed by atoms with Gasteiger partial charge in [-0.1, -0.05) is 64.4 Å². The van der Waals surface area contributed by atoms with Gasteiger partial charge in [0.05, 0.1) is 6.04 Å². The highest BCUT2D eigenvalue weighted by molar-refractivity contribution is 5.85. The minimum atomic E-state index is -0.0846. The zero-order valence-corrected chi connectivity index (χ0v) is 14.1. The van der Waals surface area contributed by atoms with E-state index in [9.17, 15) is 4.79 Å². The van der Waals surface area contributed by atoms with Crippen LogP contribution in [-0.2, 0) is 4.79 Å². The largest absolute Gasteiger partial charge is 0.321 e. The van der Waals surface area contributed by atoms with E-state index in [0.29, 0.717) is 5.92 Å². The molecule has 2 unspecified atom stereocenters. The number of carbonyl (C=O) groups is 1. The predicted molar refractivity (Wildman–Crippen MR) is 86.8 cm³/mol. The number of carbonyl (C=O) groups excluding carboxylic acids is 1. The molecular weight excluding hydrogens is 260 g/mol. The van der Waals surface area contributed by atoms with E-state index in [1.807, 2.05) is 4.90 Å². The molecule has 1 aromatic carbocycles. The van der Waals surface area contributed by atoms with Crippen molar-refractivity contribution >= 4 is 5.91 Å². The summed E-state index contributed by atoms with van der Waals surface area (Å²) in [5, 5.41) is 3.52. The van der Waals surface area contributed by atoms with Crippen molar-refractivity contribution in [3.05, 3.63) is 35.4 Å². The average molecular weight is 288 g/mol. The summed E-state index contributed by atoms with van der Waals surface area (Å²) in [5.41, 5.74) is 2.50. The van der Waals surface area contributed by atoms with Crippen LogP contribution in [0.3, 0.4) is 0 Å². The fourth-order valence-corrected chi connectivity index (χ4v) is 2.82. The number of benzene rings is 1. The van der Waals surface area contributed by atoms with Crippen LogP contribution in [0.5, 0.6) is 0 Å². The Bertz CT molecular complexity index is 499. The second kappa shape index (κ2) is 5.80. The van der Waals surface area contributed by atoms with Gasteiger partial charge in [-0.15, -0.1) is 0 Å². The van der Waals surface area contributed by atoms with Crippen LogP contribution >= 0.6 is 0 Å². The minimum absolute atomic E-state index is 0.00951. The molecule has 0 aromatic heterocycles. The molecule has 1 amide bonds. The van der Waals surface area contributed by atoms with E-state index >= 15 is 0 Å². The van der Waals surface area contributed by atoms with Crippen molar-refractivity contribution in [3.8, 4) is 0 Å². The van der Waals surface area contributed by atoms with Gasteiger partial charge in [-0.05, 0) is 23.8 Å². The highest BCUT2D eigenvalue weighted by atomic mass is 16.2. The third-order valence-electron chi connectivity index (χ3n) is 3.90. The fraction of sp³-hybridized carbons (Fsp3) is 0.611. The van der Waals surface area contributed by atoms with Crippen LogP contribution in [0.2, 0.25) is 0 Å². The maximum Gasteiger partial charge on any atom is 0.241 e. The van der Waals surface area contributed by atoms with Gasteiger partial charge in [-0.2, -0.15) is 0 Å². The minimum Gasteiger partial charge on any atom is -0.321 e. The van der Waals surface area contributed by atoms with E-state index in [1.54, 1.807) is 0 Å². The van der Waals surface area contributed by atoms with E-state index in [1.165, 1.54) is 11.1 Å². The highest BCUT2D eigenvalue weighted by Crippen LogP contribution is 2.31. The molecule has 1 N–H and O–H groups in total. The molecule has 1 aliphatic rings. The first-order chi connectivity index (χ1) is 9.69. The second-order valence-electron chi connectivity index (χ2n) is 7.73. The lowest BCUT2D eigenvalue weighted by molar-refractivity contribution is -0.132. The monoisotopic (exact) mass is 288 g/mol. The van der Waals surface area contributed by atoms with Crippen molar-refractivity contribution < 1.29 is 4.79 Å². The van der Waals surface area contributed by atoms with Gasteiger partial charge in [0.2, 0.25) is 5.91 Å². The number of hydrogen-bond acceptors (Lipinski definition) is 2. The summed E-state index contributed by atoms with van der Waals surface area (Å²) in [4.78, 5) is 14.7. The van der Waals surface area contributed by atoms with Crippen LogP contribution in [0.1, 0.15) is 51.9 Å². The molecule has 0 bridgehead atoms. The van der Waals surface area contributed by atoms with E-state index < -0.39 is 0 Å². The summed E-state index contributed by atoms with van der Waals surface area (Å²) < 4.78 is 0. The van der Waals surface area contributed by atoms with Gasteiger partial charge >= 0.3 is 0 Å². The normalized spacial score (nSPS) is 23.2. The summed E-state index contributed by atoms with van der Waals surface area (Å²) in [6.07, 6.45) is -0.00951. The van der Waals surface area contributed by atoms with Crippen molar-refractivity contribution in [2.75, 3.05) is 6.54 Å². The van der Waals surface area contributed by atoms with E-state index in [-0.39, 0.29) is 23.5 Å². The first-order valence-corrected chi connectivity index (χ1v) is 7.82. The average Bonchev–Trinajstić information content (AvgIpc) is 2.67. The standard InChI is InChI=1S/C18H28N2O/c1-12(2)15-17(21)20(11-18(4,5)6)16(19-15)14-9-7-13(3)8-10-14/h7-10,12,15-16,19H,11H2,1-6H3. The Labute approximate surface area is 128 Å². The van der Waals surface area contributed by atoms with Gasteiger partial charge in [-0.25, -0.2) is 0 Å². The van der Waals surface area contributed by atoms with Crippen molar-refractivity contribution in [3.63, 3.8) is 0 Å². The summed E-state index contributed by atoms with van der Waals surface area (Å²) in [6, 6.07) is 8.38.